The highest BCUT2D eigenvalue weighted by Gasteiger charge is 2.17. The van der Waals surface area contributed by atoms with Gasteiger partial charge >= 0.3 is 0 Å². The van der Waals surface area contributed by atoms with Crippen LogP contribution >= 0.6 is 34.8 Å². The van der Waals surface area contributed by atoms with Crippen LogP contribution in [0.2, 0.25) is 15.1 Å². The minimum atomic E-state index is -0.129. The van der Waals surface area contributed by atoms with Gasteiger partial charge in [-0.3, -0.25) is 4.79 Å². The Kier molecular flexibility index (Phi) is 3.70. The summed E-state index contributed by atoms with van der Waals surface area (Å²) in [5.74, 6) is -0.129. The predicted octanol–water partition coefficient (Wildman–Crippen LogP) is 5.67. The van der Waals surface area contributed by atoms with Crippen LogP contribution in [0.3, 0.4) is 0 Å². The molecule has 21 heavy (non-hydrogen) atoms. The first-order valence-electron chi connectivity index (χ1n) is 6.24. The molecular weight excluding hydrogens is 329 g/mol. The van der Waals surface area contributed by atoms with E-state index in [4.69, 9.17) is 34.8 Å². The molecule has 0 aliphatic carbocycles. The molecule has 0 aliphatic rings. The number of H-pyrrole nitrogens is 1. The SMILES string of the molecule is Cc1cc(Cl)cc(C(=O)c2c[nH]c3cc(Cl)cc(Cl)c23)c1. The van der Waals surface area contributed by atoms with Crippen LogP contribution in [-0.2, 0) is 0 Å². The Morgan fingerprint density at radius 3 is 2.43 bits per heavy atom. The molecule has 1 heterocycles. The number of ketones is 1. The van der Waals surface area contributed by atoms with Gasteiger partial charge in [-0.25, -0.2) is 0 Å². The van der Waals surface area contributed by atoms with Crippen molar-refractivity contribution in [2.45, 2.75) is 6.92 Å². The van der Waals surface area contributed by atoms with Crippen molar-refractivity contribution in [1.29, 1.82) is 0 Å². The van der Waals surface area contributed by atoms with Crippen molar-refractivity contribution in [2.24, 2.45) is 0 Å². The second-order valence-corrected chi connectivity index (χ2v) is 6.14. The molecule has 0 bridgehead atoms. The number of hydrogen-bond donors (Lipinski definition) is 1. The zero-order valence-corrected chi connectivity index (χ0v) is 13.3. The summed E-state index contributed by atoms with van der Waals surface area (Å²) < 4.78 is 0. The van der Waals surface area contributed by atoms with E-state index in [9.17, 15) is 4.79 Å². The van der Waals surface area contributed by atoms with Gasteiger partial charge in [0, 0.05) is 38.3 Å². The largest absolute Gasteiger partial charge is 0.360 e. The zero-order chi connectivity index (χ0) is 15.1. The molecule has 0 radical (unpaired) electrons. The molecule has 5 heteroatoms. The average molecular weight is 339 g/mol. The van der Waals surface area contributed by atoms with Crippen LogP contribution in [0.25, 0.3) is 10.9 Å². The molecule has 1 N–H and O–H groups in total. The summed E-state index contributed by atoms with van der Waals surface area (Å²) in [6.45, 7) is 1.89. The van der Waals surface area contributed by atoms with Gasteiger partial charge in [0.1, 0.15) is 0 Å². The first kappa shape index (κ1) is 14.5. The van der Waals surface area contributed by atoms with Crippen LogP contribution in [0.15, 0.2) is 36.5 Å². The first-order valence-corrected chi connectivity index (χ1v) is 7.37. The van der Waals surface area contributed by atoms with Crippen molar-refractivity contribution in [1.82, 2.24) is 4.98 Å². The molecule has 0 aliphatic heterocycles. The summed E-state index contributed by atoms with van der Waals surface area (Å²) in [6.07, 6.45) is 1.64. The highest BCUT2D eigenvalue weighted by Crippen LogP contribution is 2.31. The summed E-state index contributed by atoms with van der Waals surface area (Å²) in [6, 6.07) is 8.62. The summed E-state index contributed by atoms with van der Waals surface area (Å²) in [5, 5.41) is 2.17. The van der Waals surface area contributed by atoms with Crippen molar-refractivity contribution >= 4 is 51.5 Å². The van der Waals surface area contributed by atoms with Gasteiger partial charge in [-0.05, 0) is 42.8 Å². The van der Waals surface area contributed by atoms with E-state index < -0.39 is 0 Å². The number of carbonyl (C=O) groups excluding carboxylic acids is 1. The number of fused-ring (bicyclic) bond motifs is 1. The normalized spacial score (nSPS) is 11.0. The minimum Gasteiger partial charge on any atom is -0.360 e. The third kappa shape index (κ3) is 2.67. The number of nitrogens with one attached hydrogen (secondary N) is 1. The molecule has 0 fully saturated rings. The number of halogens is 3. The highest BCUT2D eigenvalue weighted by atomic mass is 35.5. The Morgan fingerprint density at radius 2 is 1.71 bits per heavy atom. The van der Waals surface area contributed by atoms with Gasteiger partial charge in [-0.15, -0.1) is 0 Å². The van der Waals surface area contributed by atoms with Gasteiger partial charge in [-0.2, -0.15) is 0 Å². The van der Waals surface area contributed by atoms with Gasteiger partial charge in [0.25, 0.3) is 0 Å². The molecule has 1 aromatic heterocycles. The maximum Gasteiger partial charge on any atom is 0.195 e. The van der Waals surface area contributed by atoms with Crippen LogP contribution in [0, 0.1) is 6.92 Å². The van der Waals surface area contributed by atoms with Gasteiger partial charge in [0.2, 0.25) is 0 Å². The standard InChI is InChI=1S/C16H10Cl3NO/c1-8-2-9(4-10(17)3-8)16(21)12-7-20-14-6-11(18)5-13(19)15(12)14/h2-7,20H,1H3. The molecule has 0 atom stereocenters. The van der Waals surface area contributed by atoms with E-state index in [0.717, 1.165) is 11.1 Å². The van der Waals surface area contributed by atoms with E-state index in [-0.39, 0.29) is 5.78 Å². The molecule has 0 amide bonds. The zero-order valence-electron chi connectivity index (χ0n) is 11.0. The fourth-order valence-corrected chi connectivity index (χ4v) is 3.27. The number of aromatic amines is 1. The fraction of sp³-hybridized carbons (Fsp3) is 0.0625. The molecule has 3 aromatic rings. The summed E-state index contributed by atoms with van der Waals surface area (Å²) >= 11 is 18.2. The molecule has 2 nitrogen and oxygen atoms in total. The van der Waals surface area contributed by atoms with E-state index in [0.29, 0.717) is 31.6 Å². The Morgan fingerprint density at radius 1 is 1.00 bits per heavy atom. The molecule has 3 rings (SSSR count). The Hall–Kier alpha value is -1.48. The molecule has 106 valence electrons. The lowest BCUT2D eigenvalue weighted by Crippen LogP contribution is -2.01. The smallest absolute Gasteiger partial charge is 0.195 e. The van der Waals surface area contributed by atoms with Crippen LogP contribution < -0.4 is 0 Å². The average Bonchev–Trinajstić information content (AvgIpc) is 2.80. The number of rotatable bonds is 2. The van der Waals surface area contributed by atoms with E-state index >= 15 is 0 Å². The Labute approximate surface area is 136 Å². The number of aryl methyl sites for hydroxylation is 1. The summed E-state index contributed by atoms with van der Waals surface area (Å²) in [5.41, 5.74) is 2.70. The van der Waals surface area contributed by atoms with Gasteiger partial charge < -0.3 is 4.98 Å². The second-order valence-electron chi connectivity index (χ2n) is 4.86. The van der Waals surface area contributed by atoms with Crippen LogP contribution in [0.4, 0.5) is 0 Å². The Balaban J connectivity index is 2.18. The highest BCUT2D eigenvalue weighted by molar-refractivity contribution is 6.40. The quantitative estimate of drug-likeness (QED) is 0.600. The predicted molar refractivity (Wildman–Crippen MR) is 87.9 cm³/mol. The number of benzene rings is 2. The Bertz CT molecular complexity index is 847. The van der Waals surface area contributed by atoms with E-state index in [1.165, 1.54) is 0 Å². The molecule has 2 aromatic carbocycles. The lowest BCUT2D eigenvalue weighted by Gasteiger charge is -2.04. The fourth-order valence-electron chi connectivity index (χ4n) is 2.39. The molecule has 0 saturated carbocycles. The summed E-state index contributed by atoms with van der Waals surface area (Å²) in [4.78, 5) is 15.7. The lowest BCUT2D eigenvalue weighted by molar-refractivity contribution is 0.104. The van der Waals surface area contributed by atoms with E-state index in [1.54, 1.807) is 36.5 Å². The van der Waals surface area contributed by atoms with Gasteiger partial charge in [0.05, 0.1) is 5.02 Å². The van der Waals surface area contributed by atoms with Crippen molar-refractivity contribution < 1.29 is 4.79 Å². The minimum absolute atomic E-state index is 0.129. The summed E-state index contributed by atoms with van der Waals surface area (Å²) in [7, 11) is 0. The van der Waals surface area contributed by atoms with Crippen molar-refractivity contribution in [3.63, 3.8) is 0 Å². The third-order valence-electron chi connectivity index (χ3n) is 3.25. The monoisotopic (exact) mass is 337 g/mol. The maximum atomic E-state index is 12.7. The van der Waals surface area contributed by atoms with E-state index in [2.05, 4.69) is 4.98 Å². The number of hydrogen-bond acceptors (Lipinski definition) is 1. The lowest BCUT2D eigenvalue weighted by atomic mass is 10.0. The van der Waals surface area contributed by atoms with Gasteiger partial charge in [-0.1, -0.05) is 34.8 Å². The van der Waals surface area contributed by atoms with Crippen LogP contribution in [-0.4, -0.2) is 10.8 Å². The van der Waals surface area contributed by atoms with E-state index in [1.807, 2.05) is 6.92 Å². The second kappa shape index (κ2) is 5.38. The van der Waals surface area contributed by atoms with Crippen molar-refractivity contribution in [3.8, 4) is 0 Å². The van der Waals surface area contributed by atoms with Crippen molar-refractivity contribution in [3.05, 3.63) is 68.3 Å². The molecular formula is C16H10Cl3NO. The number of aromatic nitrogens is 1. The number of carbonyl (C=O) groups is 1. The molecule has 0 unspecified atom stereocenters. The van der Waals surface area contributed by atoms with Crippen LogP contribution in [0.1, 0.15) is 21.5 Å². The first-order chi connectivity index (χ1) is 9.95. The van der Waals surface area contributed by atoms with Crippen molar-refractivity contribution in [2.75, 3.05) is 0 Å². The topological polar surface area (TPSA) is 32.9 Å². The molecule has 0 spiro atoms. The van der Waals surface area contributed by atoms with Gasteiger partial charge in [0.15, 0.2) is 5.78 Å². The maximum absolute atomic E-state index is 12.7. The third-order valence-corrected chi connectivity index (χ3v) is 3.98. The molecule has 0 saturated heterocycles. The van der Waals surface area contributed by atoms with Crippen LogP contribution in [0.5, 0.6) is 0 Å².